The molecule has 0 radical (unpaired) electrons. The number of nitrogens with one attached hydrogen (secondary N) is 2. The Kier molecular flexibility index (Phi) is 7.80. The molecule has 1 aliphatic rings. The summed E-state index contributed by atoms with van der Waals surface area (Å²) in [6, 6.07) is 1.78. The van der Waals surface area contributed by atoms with E-state index in [2.05, 4.69) is 20.6 Å². The maximum absolute atomic E-state index is 12.1. The summed E-state index contributed by atoms with van der Waals surface area (Å²) >= 11 is 0. The van der Waals surface area contributed by atoms with Gasteiger partial charge in [-0.25, -0.2) is 9.97 Å². The maximum atomic E-state index is 12.1. The van der Waals surface area contributed by atoms with Crippen LogP contribution in [0.3, 0.4) is 0 Å². The van der Waals surface area contributed by atoms with Crippen molar-refractivity contribution in [2.75, 3.05) is 18.4 Å². The number of anilines is 1. The van der Waals surface area contributed by atoms with E-state index in [9.17, 15) is 4.79 Å². The number of carbonyl (C=O) groups is 1. The Balaban J connectivity index is 1.56. The second-order valence-electron chi connectivity index (χ2n) is 6.04. The predicted molar refractivity (Wildman–Crippen MR) is 90.2 cm³/mol. The first-order valence-corrected chi connectivity index (χ1v) is 8.70. The summed E-state index contributed by atoms with van der Waals surface area (Å²) < 4.78 is 5.91. The zero-order valence-electron chi connectivity index (χ0n) is 14.0. The van der Waals surface area contributed by atoms with Gasteiger partial charge in [-0.05, 0) is 32.3 Å². The highest BCUT2D eigenvalue weighted by Gasteiger charge is 2.19. The molecule has 1 aliphatic carbocycles. The highest BCUT2D eigenvalue weighted by molar-refractivity contribution is 5.80. The molecule has 1 aromatic heterocycles. The van der Waals surface area contributed by atoms with Crippen molar-refractivity contribution in [2.24, 2.45) is 0 Å². The van der Waals surface area contributed by atoms with Crippen molar-refractivity contribution < 1.29 is 9.53 Å². The number of amides is 1. The standard InChI is InChI=1S/C17H28N4O2/c1-14(23-15-8-4-2-3-5-9-15)16(22)18-10-6-11-19-17-20-12-7-13-21-17/h7,12-15H,2-6,8-11H2,1H3,(H,18,22)(H,19,20,21). The van der Waals surface area contributed by atoms with Gasteiger partial charge in [0, 0.05) is 25.5 Å². The third-order valence-corrected chi connectivity index (χ3v) is 4.07. The number of hydrogen-bond acceptors (Lipinski definition) is 5. The van der Waals surface area contributed by atoms with Gasteiger partial charge in [0.15, 0.2) is 0 Å². The van der Waals surface area contributed by atoms with Gasteiger partial charge in [-0.15, -0.1) is 0 Å². The topological polar surface area (TPSA) is 76.1 Å². The van der Waals surface area contributed by atoms with Crippen LogP contribution in [0.25, 0.3) is 0 Å². The molecule has 6 nitrogen and oxygen atoms in total. The average Bonchev–Trinajstić information content (AvgIpc) is 2.84. The quantitative estimate of drug-likeness (QED) is 0.568. The third-order valence-electron chi connectivity index (χ3n) is 4.07. The van der Waals surface area contributed by atoms with Crippen LogP contribution in [0.2, 0.25) is 0 Å². The summed E-state index contributed by atoms with van der Waals surface area (Å²) in [7, 11) is 0. The van der Waals surface area contributed by atoms with Gasteiger partial charge in [-0.1, -0.05) is 25.7 Å². The summed E-state index contributed by atoms with van der Waals surface area (Å²) in [4.78, 5) is 20.2. The molecule has 2 N–H and O–H groups in total. The molecule has 1 aromatic rings. The van der Waals surface area contributed by atoms with E-state index < -0.39 is 0 Å². The molecular formula is C17H28N4O2. The SMILES string of the molecule is CC(OC1CCCCCC1)C(=O)NCCCNc1ncccn1. The summed E-state index contributed by atoms with van der Waals surface area (Å²) in [5.74, 6) is 0.592. The summed E-state index contributed by atoms with van der Waals surface area (Å²) in [6.45, 7) is 3.19. The van der Waals surface area contributed by atoms with Crippen LogP contribution in [0.4, 0.5) is 5.95 Å². The Hall–Kier alpha value is -1.69. The van der Waals surface area contributed by atoms with Gasteiger partial charge in [0.05, 0.1) is 6.10 Å². The molecule has 0 spiro atoms. The van der Waals surface area contributed by atoms with Crippen LogP contribution in [-0.2, 0) is 9.53 Å². The molecule has 1 amide bonds. The van der Waals surface area contributed by atoms with Gasteiger partial charge in [0.25, 0.3) is 0 Å². The molecule has 0 aliphatic heterocycles. The molecule has 1 unspecified atom stereocenters. The largest absolute Gasteiger partial charge is 0.365 e. The molecule has 0 aromatic carbocycles. The van der Waals surface area contributed by atoms with Gasteiger partial charge >= 0.3 is 0 Å². The second-order valence-corrected chi connectivity index (χ2v) is 6.04. The van der Waals surface area contributed by atoms with Crippen molar-refractivity contribution in [3.05, 3.63) is 18.5 Å². The van der Waals surface area contributed by atoms with Gasteiger partial charge in [0.2, 0.25) is 11.9 Å². The van der Waals surface area contributed by atoms with Crippen LogP contribution >= 0.6 is 0 Å². The molecule has 1 heterocycles. The van der Waals surface area contributed by atoms with E-state index in [4.69, 9.17) is 4.74 Å². The van der Waals surface area contributed by atoms with E-state index in [1.54, 1.807) is 18.5 Å². The van der Waals surface area contributed by atoms with Crippen molar-refractivity contribution >= 4 is 11.9 Å². The summed E-state index contributed by atoms with van der Waals surface area (Å²) in [5.41, 5.74) is 0. The van der Waals surface area contributed by atoms with Crippen molar-refractivity contribution in [1.29, 1.82) is 0 Å². The maximum Gasteiger partial charge on any atom is 0.248 e. The number of ether oxygens (including phenoxy) is 1. The van der Waals surface area contributed by atoms with E-state index in [0.717, 1.165) is 25.8 Å². The fourth-order valence-corrected chi connectivity index (χ4v) is 2.76. The summed E-state index contributed by atoms with van der Waals surface area (Å²) in [6.07, 6.45) is 11.3. The number of nitrogens with zero attached hydrogens (tertiary/aromatic N) is 2. The zero-order valence-corrected chi connectivity index (χ0v) is 14.0. The molecule has 6 heteroatoms. The molecular weight excluding hydrogens is 292 g/mol. The fourth-order valence-electron chi connectivity index (χ4n) is 2.76. The van der Waals surface area contributed by atoms with Gasteiger partial charge < -0.3 is 15.4 Å². The summed E-state index contributed by atoms with van der Waals surface area (Å²) in [5, 5.41) is 6.04. The fraction of sp³-hybridized carbons (Fsp3) is 0.706. The van der Waals surface area contributed by atoms with Gasteiger partial charge in [-0.3, -0.25) is 4.79 Å². The lowest BCUT2D eigenvalue weighted by molar-refractivity contribution is -0.135. The Morgan fingerprint density at radius 3 is 2.61 bits per heavy atom. The molecule has 128 valence electrons. The van der Waals surface area contributed by atoms with Crippen LogP contribution in [0.15, 0.2) is 18.5 Å². The molecule has 1 saturated carbocycles. The van der Waals surface area contributed by atoms with Crippen LogP contribution < -0.4 is 10.6 Å². The van der Waals surface area contributed by atoms with E-state index in [-0.39, 0.29) is 18.1 Å². The van der Waals surface area contributed by atoms with Crippen LogP contribution in [0, 0.1) is 0 Å². The van der Waals surface area contributed by atoms with Crippen molar-refractivity contribution in [2.45, 2.75) is 64.1 Å². The van der Waals surface area contributed by atoms with Gasteiger partial charge in [-0.2, -0.15) is 0 Å². The van der Waals surface area contributed by atoms with Crippen molar-refractivity contribution in [3.8, 4) is 0 Å². The van der Waals surface area contributed by atoms with E-state index in [1.807, 2.05) is 6.92 Å². The van der Waals surface area contributed by atoms with Crippen LogP contribution in [-0.4, -0.2) is 41.2 Å². The lowest BCUT2D eigenvalue weighted by atomic mass is 10.1. The Labute approximate surface area is 138 Å². The first-order valence-electron chi connectivity index (χ1n) is 8.70. The highest BCUT2D eigenvalue weighted by Crippen LogP contribution is 2.20. The first-order chi connectivity index (χ1) is 11.3. The minimum Gasteiger partial charge on any atom is -0.365 e. The normalized spacial score (nSPS) is 17.3. The first kappa shape index (κ1) is 17.7. The number of hydrogen-bond donors (Lipinski definition) is 2. The molecule has 1 fully saturated rings. The highest BCUT2D eigenvalue weighted by atomic mass is 16.5. The number of aromatic nitrogens is 2. The smallest absolute Gasteiger partial charge is 0.248 e. The minimum atomic E-state index is -0.372. The number of carbonyl (C=O) groups excluding carboxylic acids is 1. The van der Waals surface area contributed by atoms with Crippen LogP contribution in [0.5, 0.6) is 0 Å². The minimum absolute atomic E-state index is 0.0230. The Bertz CT molecular complexity index is 447. The molecule has 23 heavy (non-hydrogen) atoms. The van der Waals surface area contributed by atoms with E-state index in [1.165, 1.54) is 25.7 Å². The second kappa shape index (κ2) is 10.2. The monoisotopic (exact) mass is 320 g/mol. The van der Waals surface area contributed by atoms with Crippen molar-refractivity contribution in [1.82, 2.24) is 15.3 Å². The van der Waals surface area contributed by atoms with Crippen molar-refractivity contribution in [3.63, 3.8) is 0 Å². The average molecular weight is 320 g/mol. The van der Waals surface area contributed by atoms with Crippen LogP contribution in [0.1, 0.15) is 51.9 Å². The Morgan fingerprint density at radius 1 is 1.22 bits per heavy atom. The molecule has 0 bridgehead atoms. The predicted octanol–water partition coefficient (Wildman–Crippen LogP) is 2.52. The molecule has 0 saturated heterocycles. The van der Waals surface area contributed by atoms with E-state index >= 15 is 0 Å². The van der Waals surface area contributed by atoms with E-state index in [0.29, 0.717) is 12.5 Å². The van der Waals surface area contributed by atoms with Gasteiger partial charge in [0.1, 0.15) is 6.10 Å². The molecule has 1 atom stereocenters. The lowest BCUT2D eigenvalue weighted by Crippen LogP contribution is -2.37. The Morgan fingerprint density at radius 2 is 1.91 bits per heavy atom. The number of rotatable bonds is 8. The lowest BCUT2D eigenvalue weighted by Gasteiger charge is -2.20. The third kappa shape index (κ3) is 6.95. The zero-order chi connectivity index (χ0) is 16.3. The molecule has 2 rings (SSSR count).